The van der Waals surface area contributed by atoms with Crippen LogP contribution in [0.5, 0.6) is 5.75 Å². The molecule has 1 fully saturated rings. The van der Waals surface area contributed by atoms with Crippen LogP contribution >= 0.6 is 12.4 Å². The normalized spacial score (nSPS) is 16.6. The van der Waals surface area contributed by atoms with Crippen molar-refractivity contribution in [3.8, 4) is 5.75 Å². The van der Waals surface area contributed by atoms with Crippen LogP contribution in [0.25, 0.3) is 0 Å². The molecule has 1 aliphatic rings. The van der Waals surface area contributed by atoms with Gasteiger partial charge in [0.2, 0.25) is 0 Å². The zero-order chi connectivity index (χ0) is 18.4. The maximum atomic E-state index is 12.5. The van der Waals surface area contributed by atoms with Crippen LogP contribution in [0.4, 0.5) is 5.69 Å². The van der Waals surface area contributed by atoms with Crippen molar-refractivity contribution in [3.63, 3.8) is 0 Å². The number of amides is 1. The maximum Gasteiger partial charge on any atom is 0.276 e. The van der Waals surface area contributed by atoms with Crippen LogP contribution in [-0.2, 0) is 0 Å². The molecule has 1 amide bonds. The van der Waals surface area contributed by atoms with E-state index in [0.29, 0.717) is 29.9 Å². The lowest BCUT2D eigenvalue weighted by atomic mass is 10.1. The first-order valence-electron chi connectivity index (χ1n) is 9.42. The summed E-state index contributed by atoms with van der Waals surface area (Å²) in [7, 11) is 0. The van der Waals surface area contributed by atoms with Crippen molar-refractivity contribution in [2.45, 2.75) is 39.2 Å². The molecule has 3 rings (SSSR count). The van der Waals surface area contributed by atoms with Crippen molar-refractivity contribution in [2.24, 2.45) is 5.92 Å². The second kappa shape index (κ2) is 10.3. The molecule has 27 heavy (non-hydrogen) atoms. The summed E-state index contributed by atoms with van der Waals surface area (Å²) in [5, 5.41) is 10.7. The van der Waals surface area contributed by atoms with E-state index in [0.717, 1.165) is 38.1 Å². The Morgan fingerprint density at radius 3 is 3.00 bits per heavy atom. The molecular formula is C20H29ClN4O2. The summed E-state index contributed by atoms with van der Waals surface area (Å²) >= 11 is 0. The number of piperidine rings is 1. The second-order valence-corrected chi connectivity index (χ2v) is 7.19. The van der Waals surface area contributed by atoms with Gasteiger partial charge >= 0.3 is 0 Å². The van der Waals surface area contributed by atoms with E-state index >= 15 is 0 Å². The molecule has 1 aliphatic heterocycles. The highest BCUT2D eigenvalue weighted by atomic mass is 35.5. The number of hydrogen-bond acceptors (Lipinski definition) is 4. The van der Waals surface area contributed by atoms with Crippen molar-refractivity contribution in [1.29, 1.82) is 0 Å². The van der Waals surface area contributed by atoms with E-state index in [1.54, 1.807) is 6.07 Å². The Labute approximate surface area is 167 Å². The third kappa shape index (κ3) is 6.26. The lowest BCUT2D eigenvalue weighted by Crippen LogP contribution is -2.32. The van der Waals surface area contributed by atoms with E-state index in [4.69, 9.17) is 4.74 Å². The first-order chi connectivity index (χ1) is 12.6. The average Bonchev–Trinajstić information content (AvgIpc) is 3.13. The van der Waals surface area contributed by atoms with E-state index in [2.05, 4.69) is 29.6 Å². The highest BCUT2D eigenvalue weighted by Gasteiger charge is 2.17. The predicted octanol–water partition coefficient (Wildman–Crippen LogP) is 3.91. The molecule has 0 spiro atoms. The van der Waals surface area contributed by atoms with Crippen molar-refractivity contribution in [1.82, 2.24) is 15.1 Å². The predicted molar refractivity (Wildman–Crippen MR) is 110 cm³/mol. The minimum absolute atomic E-state index is 0. The molecule has 148 valence electrons. The Hall–Kier alpha value is -2.05. The summed E-state index contributed by atoms with van der Waals surface area (Å²) in [4.78, 5) is 12.5. The molecular weight excluding hydrogens is 364 g/mol. The fourth-order valence-corrected chi connectivity index (χ4v) is 2.99. The van der Waals surface area contributed by atoms with Crippen LogP contribution in [0.3, 0.4) is 0 Å². The summed E-state index contributed by atoms with van der Waals surface area (Å²) in [6.07, 6.45) is 5.11. The van der Waals surface area contributed by atoms with Gasteiger partial charge in [-0.2, -0.15) is 5.10 Å². The second-order valence-electron chi connectivity index (χ2n) is 7.19. The smallest absolute Gasteiger partial charge is 0.276 e. The Balaban J connectivity index is 0.00000261. The fourth-order valence-electron chi connectivity index (χ4n) is 2.99. The molecule has 1 saturated heterocycles. The zero-order valence-corrected chi connectivity index (χ0v) is 16.8. The lowest BCUT2D eigenvalue weighted by molar-refractivity contribution is 0.102. The number of aromatic nitrogens is 2. The van der Waals surface area contributed by atoms with Gasteiger partial charge in [0.15, 0.2) is 5.69 Å². The summed E-state index contributed by atoms with van der Waals surface area (Å²) < 4.78 is 7.65. The Kier molecular flexibility index (Phi) is 8.13. The third-order valence-electron chi connectivity index (χ3n) is 4.54. The number of halogens is 1. The number of ether oxygens (including phenoxy) is 1. The van der Waals surface area contributed by atoms with E-state index in [-0.39, 0.29) is 18.3 Å². The summed E-state index contributed by atoms with van der Waals surface area (Å²) in [6.45, 7) is 6.97. The summed E-state index contributed by atoms with van der Waals surface area (Å²) in [6, 6.07) is 9.58. The minimum Gasteiger partial charge on any atom is -0.494 e. The molecule has 0 radical (unpaired) electrons. The van der Waals surface area contributed by atoms with Gasteiger partial charge in [0.1, 0.15) is 5.75 Å². The molecule has 2 heterocycles. The molecule has 0 bridgehead atoms. The number of carbonyl (C=O) groups is 1. The first-order valence-corrected chi connectivity index (χ1v) is 9.42. The Bertz CT molecular complexity index is 726. The SMILES string of the molecule is CC(C)CCOc1cccc(NC(=O)c2ccn(C3CCCNC3)n2)c1.Cl. The molecule has 7 heteroatoms. The van der Waals surface area contributed by atoms with Gasteiger partial charge in [0, 0.05) is 24.5 Å². The van der Waals surface area contributed by atoms with Crippen molar-refractivity contribution < 1.29 is 9.53 Å². The van der Waals surface area contributed by atoms with Gasteiger partial charge in [-0.15, -0.1) is 12.4 Å². The van der Waals surface area contributed by atoms with Crippen LogP contribution in [0.2, 0.25) is 0 Å². The van der Waals surface area contributed by atoms with Crippen molar-refractivity contribution in [2.75, 3.05) is 25.0 Å². The standard InChI is InChI=1S/C20H28N4O2.ClH/c1-15(2)9-12-26-18-7-3-5-16(13-18)22-20(25)19-8-11-24(23-19)17-6-4-10-21-14-17;/h3,5,7-8,11,13,15,17,21H,4,6,9-10,12,14H2,1-2H3,(H,22,25);1H. The number of rotatable bonds is 7. The van der Waals surface area contributed by atoms with E-state index in [1.165, 1.54) is 0 Å². The number of anilines is 1. The molecule has 1 atom stereocenters. The quantitative estimate of drug-likeness (QED) is 0.749. The number of benzene rings is 1. The monoisotopic (exact) mass is 392 g/mol. The number of carbonyl (C=O) groups excluding carboxylic acids is 1. The van der Waals surface area contributed by atoms with Crippen LogP contribution in [-0.4, -0.2) is 35.4 Å². The zero-order valence-electron chi connectivity index (χ0n) is 16.0. The number of hydrogen-bond donors (Lipinski definition) is 2. The van der Waals surface area contributed by atoms with Crippen LogP contribution in [0.1, 0.15) is 49.6 Å². The van der Waals surface area contributed by atoms with Gasteiger partial charge in [0.05, 0.1) is 12.6 Å². The molecule has 6 nitrogen and oxygen atoms in total. The van der Waals surface area contributed by atoms with Crippen molar-refractivity contribution >= 4 is 24.0 Å². The molecule has 0 aliphatic carbocycles. The molecule has 2 N–H and O–H groups in total. The Morgan fingerprint density at radius 1 is 1.41 bits per heavy atom. The summed E-state index contributed by atoms with van der Waals surface area (Å²) in [5.41, 5.74) is 1.15. The summed E-state index contributed by atoms with van der Waals surface area (Å²) in [5.74, 6) is 1.17. The van der Waals surface area contributed by atoms with Gasteiger partial charge in [-0.1, -0.05) is 19.9 Å². The third-order valence-corrected chi connectivity index (χ3v) is 4.54. The minimum atomic E-state index is -0.202. The van der Waals surface area contributed by atoms with Crippen LogP contribution in [0, 0.1) is 5.92 Å². The van der Waals surface area contributed by atoms with Gasteiger partial charge in [-0.25, -0.2) is 0 Å². The van der Waals surface area contributed by atoms with E-state index in [1.807, 2.05) is 35.1 Å². The van der Waals surface area contributed by atoms with E-state index in [9.17, 15) is 4.79 Å². The fraction of sp³-hybridized carbons (Fsp3) is 0.500. The molecule has 1 aromatic carbocycles. The lowest BCUT2D eigenvalue weighted by Gasteiger charge is -2.22. The first kappa shape index (κ1) is 21.3. The highest BCUT2D eigenvalue weighted by molar-refractivity contribution is 6.02. The Morgan fingerprint density at radius 2 is 2.26 bits per heavy atom. The van der Waals surface area contributed by atoms with Gasteiger partial charge < -0.3 is 15.4 Å². The van der Waals surface area contributed by atoms with Crippen molar-refractivity contribution in [3.05, 3.63) is 42.2 Å². The number of nitrogens with one attached hydrogen (secondary N) is 2. The van der Waals surface area contributed by atoms with Gasteiger partial charge in [-0.05, 0) is 49.9 Å². The van der Waals surface area contributed by atoms with Crippen LogP contribution in [0.15, 0.2) is 36.5 Å². The highest BCUT2D eigenvalue weighted by Crippen LogP contribution is 2.19. The van der Waals surface area contributed by atoms with E-state index < -0.39 is 0 Å². The molecule has 1 aromatic heterocycles. The van der Waals surface area contributed by atoms with Gasteiger partial charge in [0.25, 0.3) is 5.91 Å². The number of nitrogens with zero attached hydrogens (tertiary/aromatic N) is 2. The average molecular weight is 393 g/mol. The van der Waals surface area contributed by atoms with Gasteiger partial charge in [-0.3, -0.25) is 9.48 Å². The molecule has 0 saturated carbocycles. The topological polar surface area (TPSA) is 68.2 Å². The molecule has 1 unspecified atom stereocenters. The molecule has 2 aromatic rings. The maximum absolute atomic E-state index is 12.5. The largest absolute Gasteiger partial charge is 0.494 e. The van der Waals surface area contributed by atoms with Crippen LogP contribution < -0.4 is 15.4 Å².